The van der Waals surface area contributed by atoms with Crippen molar-refractivity contribution >= 4 is 41.0 Å². The van der Waals surface area contributed by atoms with E-state index in [2.05, 4.69) is 35.2 Å². The van der Waals surface area contributed by atoms with Crippen molar-refractivity contribution < 1.29 is 4.79 Å². The van der Waals surface area contributed by atoms with Gasteiger partial charge in [-0.2, -0.15) is 12.6 Å². The first-order valence-electron chi connectivity index (χ1n) is 5.62. The lowest BCUT2D eigenvalue weighted by Gasteiger charge is -2.07. The third-order valence-corrected chi connectivity index (χ3v) is 3.81. The van der Waals surface area contributed by atoms with E-state index in [-0.39, 0.29) is 5.78 Å². The summed E-state index contributed by atoms with van der Waals surface area (Å²) in [6.07, 6.45) is 0. The van der Waals surface area contributed by atoms with Gasteiger partial charge in [0.15, 0.2) is 5.78 Å². The van der Waals surface area contributed by atoms with Crippen LogP contribution in [0.25, 0.3) is 0 Å². The van der Waals surface area contributed by atoms with Crippen molar-refractivity contribution in [3.63, 3.8) is 0 Å². The molecule has 0 aromatic heterocycles. The summed E-state index contributed by atoms with van der Waals surface area (Å²) in [6, 6.07) is 13.5. The molecule has 0 bridgehead atoms. The molecule has 0 unspecified atom stereocenters. The number of carbonyl (C=O) groups excluding carboxylic acids is 1. The zero-order chi connectivity index (χ0) is 13.1. The van der Waals surface area contributed by atoms with E-state index in [1.807, 2.05) is 49.4 Å². The smallest absolute Gasteiger partial charge is 0.193 e. The zero-order valence-corrected chi connectivity index (χ0v) is 13.0. The van der Waals surface area contributed by atoms with Crippen LogP contribution in [0.1, 0.15) is 27.0 Å². The van der Waals surface area contributed by atoms with Crippen LogP contribution in [0.5, 0.6) is 0 Å². The highest BCUT2D eigenvalue weighted by Crippen LogP contribution is 2.19. The molecule has 0 radical (unpaired) electrons. The summed E-state index contributed by atoms with van der Waals surface area (Å²) in [4.78, 5) is 12.4. The molecular formula is C15H13IOS. The summed E-state index contributed by atoms with van der Waals surface area (Å²) >= 11 is 6.54. The van der Waals surface area contributed by atoms with Crippen LogP contribution in [0.4, 0.5) is 0 Å². The van der Waals surface area contributed by atoms with Crippen LogP contribution >= 0.6 is 35.2 Å². The molecular weight excluding hydrogens is 355 g/mol. The molecule has 0 amide bonds. The molecule has 0 spiro atoms. The molecule has 2 aromatic rings. The van der Waals surface area contributed by atoms with Gasteiger partial charge in [0.2, 0.25) is 0 Å². The van der Waals surface area contributed by atoms with Gasteiger partial charge in [-0.1, -0.05) is 29.8 Å². The number of rotatable bonds is 3. The molecule has 0 aliphatic rings. The van der Waals surface area contributed by atoms with E-state index < -0.39 is 0 Å². The summed E-state index contributed by atoms with van der Waals surface area (Å²) in [5, 5.41) is 0. The van der Waals surface area contributed by atoms with E-state index in [1.54, 1.807) is 0 Å². The Morgan fingerprint density at radius 3 is 2.44 bits per heavy atom. The van der Waals surface area contributed by atoms with E-state index >= 15 is 0 Å². The van der Waals surface area contributed by atoms with Crippen molar-refractivity contribution in [2.75, 3.05) is 0 Å². The zero-order valence-electron chi connectivity index (χ0n) is 9.98. The molecule has 3 heteroatoms. The van der Waals surface area contributed by atoms with Crippen molar-refractivity contribution in [3.05, 3.63) is 68.3 Å². The lowest BCUT2D eigenvalue weighted by molar-refractivity contribution is 0.103. The molecule has 2 rings (SSSR count). The van der Waals surface area contributed by atoms with E-state index in [1.165, 1.54) is 0 Å². The first-order chi connectivity index (χ1) is 8.61. The van der Waals surface area contributed by atoms with Crippen LogP contribution in [-0.4, -0.2) is 5.78 Å². The number of ketones is 1. The number of halogens is 1. The fourth-order valence-corrected chi connectivity index (χ4v) is 2.59. The number of aryl methyl sites for hydroxylation is 1. The highest BCUT2D eigenvalue weighted by molar-refractivity contribution is 14.1. The van der Waals surface area contributed by atoms with Gasteiger partial charge in [-0.05, 0) is 53.3 Å². The Morgan fingerprint density at radius 2 is 1.83 bits per heavy atom. The van der Waals surface area contributed by atoms with Crippen molar-refractivity contribution in [2.45, 2.75) is 12.7 Å². The largest absolute Gasteiger partial charge is 0.289 e. The average Bonchev–Trinajstić information content (AvgIpc) is 2.38. The molecule has 0 heterocycles. The van der Waals surface area contributed by atoms with Crippen LogP contribution in [0.15, 0.2) is 42.5 Å². The van der Waals surface area contributed by atoms with Crippen molar-refractivity contribution in [3.8, 4) is 0 Å². The molecule has 18 heavy (non-hydrogen) atoms. The van der Waals surface area contributed by atoms with Gasteiger partial charge in [0.25, 0.3) is 0 Å². The topological polar surface area (TPSA) is 17.1 Å². The Hall–Kier alpha value is -0.810. The molecule has 0 atom stereocenters. The third-order valence-electron chi connectivity index (χ3n) is 2.80. The summed E-state index contributed by atoms with van der Waals surface area (Å²) in [7, 11) is 0. The minimum absolute atomic E-state index is 0.0652. The fraction of sp³-hybridized carbons (Fsp3) is 0.133. The minimum Gasteiger partial charge on any atom is -0.289 e. The number of carbonyl (C=O) groups is 1. The molecule has 0 aliphatic carbocycles. The maximum atomic E-state index is 12.4. The predicted octanol–water partition coefficient (Wildman–Crippen LogP) is 4.26. The van der Waals surface area contributed by atoms with Gasteiger partial charge in [-0.15, -0.1) is 0 Å². The van der Waals surface area contributed by atoms with Gasteiger partial charge in [-0.25, -0.2) is 0 Å². The molecule has 2 aromatic carbocycles. The molecule has 0 aliphatic heterocycles. The van der Waals surface area contributed by atoms with Crippen LogP contribution in [0, 0.1) is 10.5 Å². The van der Waals surface area contributed by atoms with E-state index in [4.69, 9.17) is 0 Å². The summed E-state index contributed by atoms with van der Waals surface area (Å²) in [5.74, 6) is 0.638. The standard InChI is InChI=1S/C15H13IOS/c1-10-2-4-11(5-3-10)15(17)14-7-6-13(16)8-12(14)9-18/h2-8,18H,9H2,1H3. The molecule has 92 valence electrons. The molecule has 0 fully saturated rings. The summed E-state index contributed by atoms with van der Waals surface area (Å²) in [5.41, 5.74) is 3.61. The van der Waals surface area contributed by atoms with Gasteiger partial charge >= 0.3 is 0 Å². The number of hydrogen-bond donors (Lipinski definition) is 1. The minimum atomic E-state index is 0.0652. The Bertz CT molecular complexity index is 576. The molecule has 0 N–H and O–H groups in total. The predicted molar refractivity (Wildman–Crippen MR) is 86.5 cm³/mol. The van der Waals surface area contributed by atoms with Crippen molar-refractivity contribution in [1.29, 1.82) is 0 Å². The van der Waals surface area contributed by atoms with Gasteiger partial charge in [0.1, 0.15) is 0 Å². The number of benzene rings is 2. The van der Waals surface area contributed by atoms with Crippen LogP contribution in [0.2, 0.25) is 0 Å². The average molecular weight is 368 g/mol. The van der Waals surface area contributed by atoms with Gasteiger partial charge in [0.05, 0.1) is 0 Å². The van der Waals surface area contributed by atoms with Crippen molar-refractivity contribution in [1.82, 2.24) is 0 Å². The van der Waals surface area contributed by atoms with E-state index in [9.17, 15) is 4.79 Å². The monoisotopic (exact) mass is 368 g/mol. The van der Waals surface area contributed by atoms with Crippen LogP contribution < -0.4 is 0 Å². The quantitative estimate of drug-likeness (QED) is 0.487. The number of hydrogen-bond acceptors (Lipinski definition) is 2. The van der Waals surface area contributed by atoms with E-state index in [0.29, 0.717) is 5.75 Å². The van der Waals surface area contributed by atoms with Crippen LogP contribution in [-0.2, 0) is 5.75 Å². The first kappa shape index (κ1) is 13.6. The third kappa shape index (κ3) is 2.95. The summed E-state index contributed by atoms with van der Waals surface area (Å²) < 4.78 is 1.12. The highest BCUT2D eigenvalue weighted by atomic mass is 127. The van der Waals surface area contributed by atoms with Crippen LogP contribution in [0.3, 0.4) is 0 Å². The second kappa shape index (κ2) is 5.89. The lowest BCUT2D eigenvalue weighted by atomic mass is 9.98. The van der Waals surface area contributed by atoms with Gasteiger partial charge in [0, 0.05) is 20.4 Å². The maximum Gasteiger partial charge on any atom is 0.193 e. The first-order valence-corrected chi connectivity index (χ1v) is 7.33. The number of thiol groups is 1. The SMILES string of the molecule is Cc1ccc(C(=O)c2ccc(I)cc2CS)cc1. The normalized spacial score (nSPS) is 10.4. The van der Waals surface area contributed by atoms with Gasteiger partial charge in [-0.3, -0.25) is 4.79 Å². The second-order valence-electron chi connectivity index (χ2n) is 4.15. The lowest BCUT2D eigenvalue weighted by Crippen LogP contribution is -2.05. The molecule has 1 nitrogen and oxygen atoms in total. The van der Waals surface area contributed by atoms with E-state index in [0.717, 1.165) is 25.8 Å². The Kier molecular flexibility index (Phi) is 4.45. The highest BCUT2D eigenvalue weighted by Gasteiger charge is 2.12. The molecule has 0 saturated carbocycles. The maximum absolute atomic E-state index is 12.4. The summed E-state index contributed by atoms with van der Waals surface area (Å²) in [6.45, 7) is 2.01. The molecule has 0 saturated heterocycles. The Balaban J connectivity index is 2.42. The Morgan fingerprint density at radius 1 is 1.17 bits per heavy atom. The van der Waals surface area contributed by atoms with Gasteiger partial charge < -0.3 is 0 Å². The second-order valence-corrected chi connectivity index (χ2v) is 5.72. The van der Waals surface area contributed by atoms with Crippen molar-refractivity contribution in [2.24, 2.45) is 0 Å². The fourth-order valence-electron chi connectivity index (χ4n) is 1.78. The Labute approximate surface area is 126 Å².